The van der Waals surface area contributed by atoms with Crippen LogP contribution in [0, 0.1) is 5.92 Å². The third kappa shape index (κ3) is 7.07. The van der Waals surface area contributed by atoms with Crippen molar-refractivity contribution in [1.29, 1.82) is 0 Å². The Bertz CT molecular complexity index is 932. The molecule has 3 aromatic rings. The molecule has 1 unspecified atom stereocenters. The van der Waals surface area contributed by atoms with Crippen molar-refractivity contribution >= 4 is 29.3 Å². The van der Waals surface area contributed by atoms with Crippen LogP contribution < -0.4 is 10.1 Å². The Balaban J connectivity index is 1.48. The second-order valence-corrected chi connectivity index (χ2v) is 8.64. The van der Waals surface area contributed by atoms with Crippen molar-refractivity contribution in [2.75, 3.05) is 5.75 Å². The van der Waals surface area contributed by atoms with Crippen LogP contribution in [0.5, 0.6) is 5.75 Å². The topological polar surface area (TPSA) is 79.9 Å². The first kappa shape index (κ1) is 22.2. The van der Waals surface area contributed by atoms with E-state index >= 15 is 0 Å². The molecule has 1 amide bonds. The van der Waals surface area contributed by atoms with Crippen molar-refractivity contribution in [3.63, 3.8) is 0 Å². The normalized spacial score (nSPS) is 12.0. The molecule has 0 fully saturated rings. The number of benzene rings is 2. The second kappa shape index (κ2) is 11.0. The molecule has 2 N–H and O–H groups in total. The predicted octanol–water partition coefficient (Wildman–Crippen LogP) is 5.03. The molecule has 8 heteroatoms. The highest BCUT2D eigenvalue weighted by Crippen LogP contribution is 2.22. The molecule has 1 aromatic heterocycles. The van der Waals surface area contributed by atoms with Gasteiger partial charge >= 0.3 is 0 Å². The first-order valence-corrected chi connectivity index (χ1v) is 11.1. The summed E-state index contributed by atoms with van der Waals surface area (Å²) in [6.07, 6.45) is 0.882. The molecule has 0 aliphatic heterocycles. The third-order valence-corrected chi connectivity index (χ3v) is 5.38. The Morgan fingerprint density at radius 2 is 1.90 bits per heavy atom. The van der Waals surface area contributed by atoms with Crippen molar-refractivity contribution in [2.45, 2.75) is 38.1 Å². The van der Waals surface area contributed by atoms with Crippen LogP contribution in [0.25, 0.3) is 0 Å². The van der Waals surface area contributed by atoms with E-state index in [2.05, 4.69) is 34.3 Å². The lowest BCUT2D eigenvalue weighted by atomic mass is 9.97. The lowest BCUT2D eigenvalue weighted by Crippen LogP contribution is -2.30. The molecule has 6 nitrogen and oxygen atoms in total. The smallest absolute Gasteiger partial charge is 0.230 e. The fourth-order valence-electron chi connectivity index (χ4n) is 2.89. The molecule has 0 aliphatic carbocycles. The molecule has 0 saturated carbocycles. The standard InChI is InChI=1S/C22H25ClN4O2S/c1-15(2)12-19(16-6-4-3-5-7-16)24-21(28)14-30-22-25-20(26-27-22)13-29-18-10-8-17(23)9-11-18/h3-11,15,19H,12-14H2,1-2H3,(H,24,28)(H,25,26,27). The molecular formula is C22H25ClN4O2S. The Labute approximate surface area is 185 Å². The summed E-state index contributed by atoms with van der Waals surface area (Å²) < 4.78 is 5.64. The zero-order valence-corrected chi connectivity index (χ0v) is 18.5. The van der Waals surface area contributed by atoms with Gasteiger partial charge in [0, 0.05) is 5.02 Å². The van der Waals surface area contributed by atoms with Crippen molar-refractivity contribution in [3.8, 4) is 5.75 Å². The van der Waals surface area contributed by atoms with Crippen LogP contribution in [0.4, 0.5) is 0 Å². The summed E-state index contributed by atoms with van der Waals surface area (Å²) in [7, 11) is 0. The summed E-state index contributed by atoms with van der Waals surface area (Å²) in [4.78, 5) is 16.9. The van der Waals surface area contributed by atoms with Gasteiger partial charge in [0.1, 0.15) is 12.4 Å². The van der Waals surface area contributed by atoms with E-state index in [1.54, 1.807) is 24.3 Å². The summed E-state index contributed by atoms with van der Waals surface area (Å²) in [6, 6.07) is 17.2. The molecule has 0 aliphatic rings. The molecule has 158 valence electrons. The zero-order valence-electron chi connectivity index (χ0n) is 17.0. The number of thioether (sulfide) groups is 1. The minimum Gasteiger partial charge on any atom is -0.486 e. The minimum absolute atomic E-state index is 0.00483. The summed E-state index contributed by atoms with van der Waals surface area (Å²) in [6.45, 7) is 4.56. The lowest BCUT2D eigenvalue weighted by Gasteiger charge is -2.21. The van der Waals surface area contributed by atoms with Crippen LogP contribution in [0.2, 0.25) is 5.02 Å². The maximum atomic E-state index is 12.5. The Morgan fingerprint density at radius 1 is 1.17 bits per heavy atom. The number of aromatic nitrogens is 3. The van der Waals surface area contributed by atoms with Crippen molar-refractivity contribution in [3.05, 3.63) is 71.0 Å². The fourth-order valence-corrected chi connectivity index (χ4v) is 3.65. The van der Waals surface area contributed by atoms with Gasteiger partial charge in [0.05, 0.1) is 11.8 Å². The Kier molecular flexibility index (Phi) is 8.16. The SMILES string of the molecule is CC(C)CC(NC(=O)CSc1n[nH]c(COc2ccc(Cl)cc2)n1)c1ccccc1. The summed E-state index contributed by atoms with van der Waals surface area (Å²) in [5.74, 6) is 1.96. The zero-order chi connectivity index (χ0) is 21.3. The highest BCUT2D eigenvalue weighted by Gasteiger charge is 2.17. The number of ether oxygens (including phenoxy) is 1. The largest absolute Gasteiger partial charge is 0.486 e. The van der Waals surface area contributed by atoms with Crippen LogP contribution in [-0.2, 0) is 11.4 Å². The third-order valence-electron chi connectivity index (χ3n) is 4.28. The van der Waals surface area contributed by atoms with Gasteiger partial charge in [-0.25, -0.2) is 4.98 Å². The van der Waals surface area contributed by atoms with Gasteiger partial charge in [-0.15, -0.1) is 5.10 Å². The number of aromatic amines is 1. The number of nitrogens with one attached hydrogen (secondary N) is 2. The first-order valence-electron chi connectivity index (χ1n) is 9.76. The number of carbonyl (C=O) groups is 1. The summed E-state index contributed by atoms with van der Waals surface area (Å²) >= 11 is 7.15. The molecule has 0 bridgehead atoms. The highest BCUT2D eigenvalue weighted by molar-refractivity contribution is 7.99. The first-order chi connectivity index (χ1) is 14.5. The molecule has 0 radical (unpaired) electrons. The van der Waals surface area contributed by atoms with E-state index in [0.29, 0.717) is 27.7 Å². The van der Waals surface area contributed by atoms with Gasteiger partial charge in [-0.3, -0.25) is 9.89 Å². The van der Waals surface area contributed by atoms with E-state index in [-0.39, 0.29) is 24.3 Å². The van der Waals surface area contributed by atoms with E-state index in [0.717, 1.165) is 12.0 Å². The van der Waals surface area contributed by atoms with Gasteiger partial charge in [0.15, 0.2) is 5.82 Å². The molecule has 0 saturated heterocycles. The van der Waals surface area contributed by atoms with E-state index in [9.17, 15) is 4.79 Å². The lowest BCUT2D eigenvalue weighted by molar-refractivity contribution is -0.119. The molecule has 1 heterocycles. The second-order valence-electron chi connectivity index (χ2n) is 7.26. The van der Waals surface area contributed by atoms with Crippen LogP contribution >= 0.6 is 23.4 Å². The van der Waals surface area contributed by atoms with Gasteiger partial charge in [-0.2, -0.15) is 0 Å². The number of carbonyl (C=O) groups excluding carboxylic acids is 1. The van der Waals surface area contributed by atoms with E-state index < -0.39 is 0 Å². The van der Waals surface area contributed by atoms with Gasteiger partial charge in [-0.05, 0) is 42.2 Å². The highest BCUT2D eigenvalue weighted by atomic mass is 35.5. The molecule has 1 atom stereocenters. The molecule has 0 spiro atoms. The number of hydrogen-bond acceptors (Lipinski definition) is 5. The number of hydrogen-bond donors (Lipinski definition) is 2. The number of H-pyrrole nitrogens is 1. The van der Waals surface area contributed by atoms with Gasteiger partial charge in [-0.1, -0.05) is 67.5 Å². The van der Waals surface area contributed by atoms with E-state index in [1.165, 1.54) is 11.8 Å². The Hall–Kier alpha value is -2.51. The van der Waals surface area contributed by atoms with E-state index in [1.807, 2.05) is 30.3 Å². The quantitative estimate of drug-likeness (QED) is 0.428. The molecule has 2 aromatic carbocycles. The number of amides is 1. The molecule has 30 heavy (non-hydrogen) atoms. The van der Waals surface area contributed by atoms with Crippen LogP contribution in [0.15, 0.2) is 59.8 Å². The number of rotatable bonds is 10. The Morgan fingerprint density at radius 3 is 2.60 bits per heavy atom. The van der Waals surface area contributed by atoms with Crippen molar-refractivity contribution in [2.24, 2.45) is 5.92 Å². The van der Waals surface area contributed by atoms with Gasteiger partial charge in [0.2, 0.25) is 11.1 Å². The van der Waals surface area contributed by atoms with Crippen LogP contribution in [-0.4, -0.2) is 26.8 Å². The fraction of sp³-hybridized carbons (Fsp3) is 0.318. The van der Waals surface area contributed by atoms with E-state index in [4.69, 9.17) is 16.3 Å². The molecule has 3 rings (SSSR count). The van der Waals surface area contributed by atoms with Crippen molar-refractivity contribution in [1.82, 2.24) is 20.5 Å². The van der Waals surface area contributed by atoms with Crippen LogP contribution in [0.3, 0.4) is 0 Å². The number of nitrogens with zero attached hydrogens (tertiary/aromatic N) is 2. The average Bonchev–Trinajstić information content (AvgIpc) is 3.20. The average molecular weight is 445 g/mol. The van der Waals surface area contributed by atoms with Gasteiger partial charge < -0.3 is 10.1 Å². The summed E-state index contributed by atoms with van der Waals surface area (Å²) in [5.41, 5.74) is 1.11. The van der Waals surface area contributed by atoms with Crippen LogP contribution in [0.1, 0.15) is 37.7 Å². The predicted molar refractivity (Wildman–Crippen MR) is 120 cm³/mol. The number of halogens is 1. The maximum absolute atomic E-state index is 12.5. The summed E-state index contributed by atoms with van der Waals surface area (Å²) in [5, 5.41) is 11.3. The monoisotopic (exact) mass is 444 g/mol. The molecular weight excluding hydrogens is 420 g/mol. The minimum atomic E-state index is -0.0433. The van der Waals surface area contributed by atoms with Gasteiger partial charge in [0.25, 0.3) is 0 Å². The maximum Gasteiger partial charge on any atom is 0.230 e. The van der Waals surface area contributed by atoms with Crippen molar-refractivity contribution < 1.29 is 9.53 Å².